The summed E-state index contributed by atoms with van der Waals surface area (Å²) >= 11 is 5.76. The van der Waals surface area contributed by atoms with E-state index in [1.54, 1.807) is 12.3 Å². The molecule has 0 aliphatic carbocycles. The second kappa shape index (κ2) is 4.02. The zero-order valence-corrected chi connectivity index (χ0v) is 8.42. The lowest BCUT2D eigenvalue weighted by atomic mass is 10.2. The van der Waals surface area contributed by atoms with Crippen LogP contribution in [0.2, 0.25) is 5.15 Å². The maximum absolute atomic E-state index is 5.76. The number of aromatic nitrogens is 1. The second-order valence-corrected chi connectivity index (χ2v) is 3.69. The van der Waals surface area contributed by atoms with Gasteiger partial charge < -0.3 is 15.8 Å². The van der Waals surface area contributed by atoms with Gasteiger partial charge in [0.15, 0.2) is 0 Å². The van der Waals surface area contributed by atoms with Crippen molar-refractivity contribution >= 4 is 23.0 Å². The van der Waals surface area contributed by atoms with Crippen LogP contribution in [0.25, 0.3) is 0 Å². The normalized spacial score (nSPS) is 21.1. The van der Waals surface area contributed by atoms with Crippen LogP contribution in [-0.2, 0) is 4.74 Å². The summed E-state index contributed by atoms with van der Waals surface area (Å²) in [4.78, 5) is 3.88. The molecule has 76 valence electrons. The maximum Gasteiger partial charge on any atom is 0.131 e. The predicted octanol–water partition coefficient (Wildman–Crippen LogP) is 1.52. The van der Waals surface area contributed by atoms with Crippen LogP contribution in [0.4, 0.5) is 11.4 Å². The van der Waals surface area contributed by atoms with Gasteiger partial charge >= 0.3 is 0 Å². The number of halogens is 1. The Morgan fingerprint density at radius 3 is 3.21 bits per heavy atom. The van der Waals surface area contributed by atoms with Gasteiger partial charge in [-0.15, -0.1) is 0 Å². The molecule has 0 saturated carbocycles. The fourth-order valence-corrected chi connectivity index (χ4v) is 1.59. The molecule has 1 aromatic heterocycles. The summed E-state index contributed by atoms with van der Waals surface area (Å²) in [5.41, 5.74) is 7.19. The van der Waals surface area contributed by atoms with E-state index in [9.17, 15) is 0 Å². The van der Waals surface area contributed by atoms with Gasteiger partial charge in [0.1, 0.15) is 5.15 Å². The molecular weight excluding hydrogens is 202 g/mol. The molecule has 14 heavy (non-hydrogen) atoms. The Hall–Kier alpha value is -1.00. The Kier molecular flexibility index (Phi) is 2.74. The van der Waals surface area contributed by atoms with Crippen molar-refractivity contribution in [1.29, 1.82) is 0 Å². The van der Waals surface area contributed by atoms with Crippen molar-refractivity contribution in [2.45, 2.75) is 12.5 Å². The summed E-state index contributed by atoms with van der Waals surface area (Å²) in [6.07, 6.45) is 2.56. The molecule has 0 amide bonds. The van der Waals surface area contributed by atoms with Crippen molar-refractivity contribution in [3.8, 4) is 0 Å². The summed E-state index contributed by atoms with van der Waals surface area (Å²) < 4.78 is 5.25. The molecule has 5 heteroatoms. The van der Waals surface area contributed by atoms with Crippen LogP contribution < -0.4 is 11.1 Å². The minimum absolute atomic E-state index is 0.329. The average Bonchev–Trinajstić information content (AvgIpc) is 2.64. The lowest BCUT2D eigenvalue weighted by Gasteiger charge is -2.13. The third-order valence-electron chi connectivity index (χ3n) is 2.19. The Bertz CT molecular complexity index is 326. The lowest BCUT2D eigenvalue weighted by molar-refractivity contribution is 0.195. The van der Waals surface area contributed by atoms with Crippen LogP contribution in [-0.4, -0.2) is 24.2 Å². The van der Waals surface area contributed by atoms with Crippen molar-refractivity contribution in [2.75, 3.05) is 24.3 Å². The van der Waals surface area contributed by atoms with Crippen molar-refractivity contribution < 1.29 is 4.74 Å². The number of pyridine rings is 1. The van der Waals surface area contributed by atoms with E-state index in [-0.39, 0.29) is 0 Å². The number of hydrogen-bond acceptors (Lipinski definition) is 4. The highest BCUT2D eigenvalue weighted by atomic mass is 35.5. The molecule has 1 saturated heterocycles. The van der Waals surface area contributed by atoms with Gasteiger partial charge in [0, 0.05) is 12.7 Å². The topological polar surface area (TPSA) is 60.2 Å². The molecule has 3 N–H and O–H groups in total. The minimum atomic E-state index is 0.329. The highest BCUT2D eigenvalue weighted by Gasteiger charge is 2.16. The van der Waals surface area contributed by atoms with E-state index in [0.29, 0.717) is 16.9 Å². The first kappa shape index (κ1) is 9.55. The zero-order valence-electron chi connectivity index (χ0n) is 7.66. The molecule has 2 heterocycles. The molecule has 1 aliphatic rings. The number of nitrogens with zero attached hydrogens (tertiary/aromatic N) is 1. The number of anilines is 2. The van der Waals surface area contributed by atoms with Gasteiger partial charge in [-0.2, -0.15) is 0 Å². The molecule has 2 rings (SSSR count). The number of nitrogen functional groups attached to an aromatic ring is 1. The number of ether oxygens (including phenoxy) is 1. The fraction of sp³-hybridized carbons (Fsp3) is 0.444. The summed E-state index contributed by atoms with van der Waals surface area (Å²) in [6, 6.07) is 2.06. The summed E-state index contributed by atoms with van der Waals surface area (Å²) in [7, 11) is 0. The Morgan fingerprint density at radius 2 is 2.50 bits per heavy atom. The Balaban J connectivity index is 2.10. The highest BCUT2D eigenvalue weighted by molar-refractivity contribution is 6.29. The predicted molar refractivity (Wildman–Crippen MR) is 56.5 cm³/mol. The van der Waals surface area contributed by atoms with E-state index in [4.69, 9.17) is 22.1 Å². The number of nitrogens with two attached hydrogens (primary N) is 1. The van der Waals surface area contributed by atoms with E-state index >= 15 is 0 Å². The first-order valence-corrected chi connectivity index (χ1v) is 4.89. The van der Waals surface area contributed by atoms with Gasteiger partial charge in [0.25, 0.3) is 0 Å². The van der Waals surface area contributed by atoms with Crippen LogP contribution >= 0.6 is 11.6 Å². The van der Waals surface area contributed by atoms with Gasteiger partial charge in [-0.05, 0) is 6.42 Å². The van der Waals surface area contributed by atoms with Crippen molar-refractivity contribution in [1.82, 2.24) is 4.98 Å². The molecule has 4 nitrogen and oxygen atoms in total. The van der Waals surface area contributed by atoms with E-state index in [0.717, 1.165) is 25.3 Å². The fourth-order valence-electron chi connectivity index (χ4n) is 1.43. The molecular formula is C9H12ClN3O. The lowest BCUT2D eigenvalue weighted by Crippen LogP contribution is -2.19. The van der Waals surface area contributed by atoms with Crippen LogP contribution in [0.5, 0.6) is 0 Å². The first-order chi connectivity index (χ1) is 6.75. The van der Waals surface area contributed by atoms with Crippen molar-refractivity contribution in [3.63, 3.8) is 0 Å². The molecule has 0 aromatic carbocycles. The zero-order chi connectivity index (χ0) is 9.97. The number of nitrogens with one attached hydrogen (secondary N) is 1. The molecule has 0 bridgehead atoms. The molecule has 0 spiro atoms. The highest BCUT2D eigenvalue weighted by Crippen LogP contribution is 2.22. The standard InChI is InChI=1S/C9H12ClN3O/c10-9-3-8(7(11)4-12-9)13-6-1-2-14-5-6/h3-4,6H,1-2,5,11H2,(H,12,13)/t6-/m1/s1. The number of rotatable bonds is 2. The van der Waals surface area contributed by atoms with Gasteiger partial charge in [0.2, 0.25) is 0 Å². The summed E-state index contributed by atoms with van der Waals surface area (Å²) in [5.74, 6) is 0. The van der Waals surface area contributed by atoms with Gasteiger partial charge in [-0.1, -0.05) is 11.6 Å². The van der Waals surface area contributed by atoms with Crippen LogP contribution in [0.3, 0.4) is 0 Å². The maximum atomic E-state index is 5.76. The Labute approximate surface area is 87.4 Å². The molecule has 1 atom stereocenters. The average molecular weight is 214 g/mol. The quantitative estimate of drug-likeness (QED) is 0.732. The van der Waals surface area contributed by atoms with E-state index in [1.807, 2.05) is 0 Å². The van der Waals surface area contributed by atoms with Gasteiger partial charge in [-0.25, -0.2) is 4.98 Å². The largest absolute Gasteiger partial charge is 0.396 e. The number of hydrogen-bond donors (Lipinski definition) is 2. The van der Waals surface area contributed by atoms with Gasteiger partial charge in [0.05, 0.1) is 30.2 Å². The van der Waals surface area contributed by atoms with Gasteiger partial charge in [-0.3, -0.25) is 0 Å². The van der Waals surface area contributed by atoms with E-state index < -0.39 is 0 Å². The summed E-state index contributed by atoms with van der Waals surface area (Å²) in [5, 5.41) is 3.72. The smallest absolute Gasteiger partial charge is 0.131 e. The van der Waals surface area contributed by atoms with Crippen LogP contribution in [0, 0.1) is 0 Å². The molecule has 1 aliphatic heterocycles. The third-order valence-corrected chi connectivity index (χ3v) is 2.40. The third kappa shape index (κ3) is 2.08. The Morgan fingerprint density at radius 1 is 1.64 bits per heavy atom. The SMILES string of the molecule is Nc1cnc(Cl)cc1N[C@@H]1CCOC1. The van der Waals surface area contributed by atoms with Crippen LogP contribution in [0.15, 0.2) is 12.3 Å². The monoisotopic (exact) mass is 213 g/mol. The molecule has 0 radical (unpaired) electrons. The van der Waals surface area contributed by atoms with Crippen molar-refractivity contribution in [2.24, 2.45) is 0 Å². The molecule has 0 unspecified atom stereocenters. The first-order valence-electron chi connectivity index (χ1n) is 4.51. The summed E-state index contributed by atoms with van der Waals surface area (Å²) in [6.45, 7) is 1.52. The second-order valence-electron chi connectivity index (χ2n) is 3.30. The van der Waals surface area contributed by atoms with E-state index in [2.05, 4.69) is 10.3 Å². The minimum Gasteiger partial charge on any atom is -0.396 e. The van der Waals surface area contributed by atoms with Crippen LogP contribution in [0.1, 0.15) is 6.42 Å². The molecule has 1 aromatic rings. The van der Waals surface area contributed by atoms with E-state index in [1.165, 1.54) is 0 Å². The van der Waals surface area contributed by atoms with Crippen molar-refractivity contribution in [3.05, 3.63) is 17.4 Å². The molecule has 1 fully saturated rings.